The first-order valence-corrected chi connectivity index (χ1v) is 7.29. The van der Waals surface area contributed by atoms with Crippen LogP contribution in [0.4, 0.5) is 8.78 Å². The molecule has 3 nitrogen and oxygen atoms in total. The number of ether oxygens (including phenoxy) is 1. The second kappa shape index (κ2) is 8.07. The van der Waals surface area contributed by atoms with Gasteiger partial charge in [-0.15, -0.1) is 0 Å². The van der Waals surface area contributed by atoms with Crippen LogP contribution in [0.15, 0.2) is 46.5 Å². The number of nitrogens with zero attached hydrogens (tertiary/aromatic N) is 1. The van der Waals surface area contributed by atoms with Crippen LogP contribution < -0.4 is 5.32 Å². The Morgan fingerprint density at radius 1 is 1.24 bits per heavy atom. The number of pyridine rings is 1. The van der Waals surface area contributed by atoms with E-state index >= 15 is 0 Å². The highest BCUT2D eigenvalue weighted by atomic mass is 32.2. The Hall–Kier alpha value is -1.50. The van der Waals surface area contributed by atoms with Gasteiger partial charge in [0.25, 0.3) is 0 Å². The van der Waals surface area contributed by atoms with Gasteiger partial charge in [0.15, 0.2) is 11.6 Å². The van der Waals surface area contributed by atoms with E-state index in [-0.39, 0.29) is 0 Å². The van der Waals surface area contributed by atoms with Crippen LogP contribution in [0.3, 0.4) is 0 Å². The predicted octanol–water partition coefficient (Wildman–Crippen LogP) is 3.25. The lowest BCUT2D eigenvalue weighted by molar-refractivity contribution is 0.199. The third-order valence-corrected chi connectivity index (χ3v) is 3.80. The minimum absolute atomic E-state index is 0.616. The van der Waals surface area contributed by atoms with Crippen molar-refractivity contribution in [2.75, 3.05) is 20.3 Å². The number of benzene rings is 1. The zero-order valence-electron chi connectivity index (χ0n) is 11.6. The van der Waals surface area contributed by atoms with Crippen molar-refractivity contribution in [2.24, 2.45) is 0 Å². The minimum Gasteiger partial charge on any atom is -0.383 e. The van der Waals surface area contributed by atoms with E-state index in [1.54, 1.807) is 19.4 Å². The Balaban J connectivity index is 2.06. The standard InChI is InChI=1S/C15H16F2N2OS/c1-20-8-7-18-10-11-3-2-6-19-15(11)21-12-4-5-13(16)14(17)9-12/h2-6,9,18H,7-8,10H2,1H3. The van der Waals surface area contributed by atoms with Crippen molar-refractivity contribution in [3.05, 3.63) is 53.7 Å². The molecule has 1 aromatic carbocycles. The Morgan fingerprint density at radius 3 is 2.86 bits per heavy atom. The normalized spacial score (nSPS) is 10.8. The second-order valence-corrected chi connectivity index (χ2v) is 5.38. The average Bonchev–Trinajstić information content (AvgIpc) is 2.49. The largest absolute Gasteiger partial charge is 0.383 e. The number of hydrogen-bond donors (Lipinski definition) is 1. The molecule has 0 bridgehead atoms. The molecule has 6 heteroatoms. The number of aromatic nitrogens is 1. The van der Waals surface area contributed by atoms with E-state index in [9.17, 15) is 8.78 Å². The fourth-order valence-corrected chi connectivity index (χ4v) is 2.61. The van der Waals surface area contributed by atoms with Crippen LogP contribution in [-0.4, -0.2) is 25.2 Å². The zero-order valence-corrected chi connectivity index (χ0v) is 12.4. The van der Waals surface area contributed by atoms with Crippen molar-refractivity contribution in [2.45, 2.75) is 16.5 Å². The summed E-state index contributed by atoms with van der Waals surface area (Å²) in [4.78, 5) is 4.92. The SMILES string of the molecule is COCCNCc1cccnc1Sc1ccc(F)c(F)c1. The van der Waals surface area contributed by atoms with E-state index < -0.39 is 11.6 Å². The van der Waals surface area contributed by atoms with Crippen LogP contribution >= 0.6 is 11.8 Å². The zero-order chi connectivity index (χ0) is 15.1. The highest BCUT2D eigenvalue weighted by Crippen LogP contribution is 2.29. The van der Waals surface area contributed by atoms with Gasteiger partial charge in [-0.3, -0.25) is 0 Å². The van der Waals surface area contributed by atoms with Crippen molar-refractivity contribution >= 4 is 11.8 Å². The Kier molecular flexibility index (Phi) is 6.10. The summed E-state index contributed by atoms with van der Waals surface area (Å²) >= 11 is 1.31. The van der Waals surface area contributed by atoms with Crippen molar-refractivity contribution in [1.29, 1.82) is 0 Å². The Bertz CT molecular complexity index is 596. The third-order valence-electron chi connectivity index (χ3n) is 2.75. The Morgan fingerprint density at radius 2 is 2.10 bits per heavy atom. The molecule has 1 aromatic heterocycles. The lowest BCUT2D eigenvalue weighted by Crippen LogP contribution is -2.19. The molecule has 0 radical (unpaired) electrons. The summed E-state index contributed by atoms with van der Waals surface area (Å²) < 4.78 is 31.1. The maximum atomic E-state index is 13.2. The first-order chi connectivity index (χ1) is 10.2. The molecule has 2 aromatic rings. The van der Waals surface area contributed by atoms with Gasteiger partial charge in [0.05, 0.1) is 6.61 Å². The van der Waals surface area contributed by atoms with Gasteiger partial charge >= 0.3 is 0 Å². The maximum Gasteiger partial charge on any atom is 0.159 e. The molecule has 0 amide bonds. The highest BCUT2D eigenvalue weighted by molar-refractivity contribution is 7.99. The van der Waals surface area contributed by atoms with Crippen LogP contribution in [0.5, 0.6) is 0 Å². The topological polar surface area (TPSA) is 34.1 Å². The van der Waals surface area contributed by atoms with Crippen LogP contribution in [0, 0.1) is 11.6 Å². The molecule has 0 fully saturated rings. The first-order valence-electron chi connectivity index (χ1n) is 6.47. The van der Waals surface area contributed by atoms with Gasteiger partial charge in [0, 0.05) is 31.3 Å². The molecule has 0 spiro atoms. The molecule has 0 saturated carbocycles. The monoisotopic (exact) mass is 310 g/mol. The van der Waals surface area contributed by atoms with Crippen molar-refractivity contribution in [3.63, 3.8) is 0 Å². The molecular weight excluding hydrogens is 294 g/mol. The number of halogens is 2. The summed E-state index contributed by atoms with van der Waals surface area (Å²) in [5.41, 5.74) is 1.00. The van der Waals surface area contributed by atoms with Crippen LogP contribution in [-0.2, 0) is 11.3 Å². The molecule has 0 aliphatic carbocycles. The molecule has 0 saturated heterocycles. The molecule has 0 atom stereocenters. The summed E-state index contributed by atoms with van der Waals surface area (Å²) in [7, 11) is 1.65. The van der Waals surface area contributed by atoms with E-state index in [4.69, 9.17) is 4.74 Å². The summed E-state index contributed by atoms with van der Waals surface area (Å²) in [5, 5.41) is 4.01. The first kappa shape index (κ1) is 15.9. The molecule has 21 heavy (non-hydrogen) atoms. The summed E-state index contributed by atoms with van der Waals surface area (Å²) in [6.07, 6.45) is 1.68. The van der Waals surface area contributed by atoms with Crippen LogP contribution in [0.25, 0.3) is 0 Å². The average molecular weight is 310 g/mol. The molecule has 1 heterocycles. The summed E-state index contributed by atoms with van der Waals surface area (Å²) in [5.74, 6) is -1.70. The molecule has 0 aliphatic heterocycles. The second-order valence-electron chi connectivity index (χ2n) is 4.32. The van der Waals surface area contributed by atoms with E-state index in [1.165, 1.54) is 17.8 Å². The maximum absolute atomic E-state index is 13.2. The van der Waals surface area contributed by atoms with Gasteiger partial charge in [0.2, 0.25) is 0 Å². The fraction of sp³-hybridized carbons (Fsp3) is 0.267. The number of methoxy groups -OCH3 is 1. The number of rotatable bonds is 7. The summed E-state index contributed by atoms with van der Waals surface area (Å²) in [6.45, 7) is 2.01. The van der Waals surface area contributed by atoms with Crippen LogP contribution in [0.2, 0.25) is 0 Å². The third kappa shape index (κ3) is 4.77. The van der Waals surface area contributed by atoms with E-state index in [0.29, 0.717) is 18.0 Å². The lowest BCUT2D eigenvalue weighted by atomic mass is 10.3. The van der Waals surface area contributed by atoms with Crippen LogP contribution in [0.1, 0.15) is 5.56 Å². The quantitative estimate of drug-likeness (QED) is 0.796. The highest BCUT2D eigenvalue weighted by Gasteiger charge is 2.08. The van der Waals surface area contributed by atoms with Gasteiger partial charge in [-0.1, -0.05) is 17.8 Å². The molecule has 112 valence electrons. The van der Waals surface area contributed by atoms with E-state index in [1.807, 2.05) is 12.1 Å². The number of nitrogens with one attached hydrogen (secondary N) is 1. The molecule has 1 N–H and O–H groups in total. The van der Waals surface area contributed by atoms with Crippen molar-refractivity contribution in [3.8, 4) is 0 Å². The fourth-order valence-electron chi connectivity index (χ4n) is 1.70. The van der Waals surface area contributed by atoms with Gasteiger partial charge in [-0.2, -0.15) is 0 Å². The molecular formula is C15H16F2N2OS. The lowest BCUT2D eigenvalue weighted by Gasteiger charge is -2.09. The van der Waals surface area contributed by atoms with Gasteiger partial charge in [-0.05, 0) is 29.8 Å². The molecule has 0 aliphatic rings. The molecule has 0 unspecified atom stereocenters. The predicted molar refractivity (Wildman–Crippen MR) is 78.3 cm³/mol. The van der Waals surface area contributed by atoms with Gasteiger partial charge < -0.3 is 10.1 Å². The van der Waals surface area contributed by atoms with E-state index in [0.717, 1.165) is 23.2 Å². The van der Waals surface area contributed by atoms with Crippen molar-refractivity contribution < 1.29 is 13.5 Å². The number of hydrogen-bond acceptors (Lipinski definition) is 4. The Labute approximate surface area is 126 Å². The van der Waals surface area contributed by atoms with Gasteiger partial charge in [0.1, 0.15) is 5.03 Å². The van der Waals surface area contributed by atoms with Crippen molar-refractivity contribution in [1.82, 2.24) is 10.3 Å². The minimum atomic E-state index is -0.851. The molecule has 2 rings (SSSR count). The smallest absolute Gasteiger partial charge is 0.159 e. The summed E-state index contributed by atoms with van der Waals surface area (Å²) in [6, 6.07) is 7.64. The van der Waals surface area contributed by atoms with Gasteiger partial charge in [-0.25, -0.2) is 13.8 Å². The van der Waals surface area contributed by atoms with E-state index in [2.05, 4.69) is 10.3 Å².